The third-order valence-corrected chi connectivity index (χ3v) is 4.51. The SMILES string of the molecule is C=S(C)(=O)c1ccc(CNc2ccccc2C(=N)C=O)cc1. The van der Waals surface area contributed by atoms with E-state index in [0.29, 0.717) is 18.4 Å². The van der Waals surface area contributed by atoms with Crippen LogP contribution in [-0.4, -0.2) is 28.3 Å². The normalized spacial score (nSPS) is 13.1. The fourth-order valence-corrected chi connectivity index (χ4v) is 2.74. The number of rotatable bonds is 6. The number of aldehydes is 1. The fraction of sp³-hybridized carbons (Fsp3) is 0.118. The van der Waals surface area contributed by atoms with Crippen LogP contribution in [0.5, 0.6) is 0 Å². The van der Waals surface area contributed by atoms with Gasteiger partial charge in [0.05, 0.1) is 0 Å². The molecule has 1 unspecified atom stereocenters. The smallest absolute Gasteiger partial charge is 0.168 e. The molecule has 0 saturated carbocycles. The average Bonchev–Trinajstić information content (AvgIpc) is 2.52. The highest BCUT2D eigenvalue weighted by molar-refractivity contribution is 7.99. The monoisotopic (exact) mass is 314 g/mol. The van der Waals surface area contributed by atoms with Crippen LogP contribution in [0.15, 0.2) is 53.4 Å². The topological polar surface area (TPSA) is 70.0 Å². The largest absolute Gasteiger partial charge is 0.380 e. The van der Waals surface area contributed by atoms with Crippen molar-refractivity contribution in [3.8, 4) is 0 Å². The van der Waals surface area contributed by atoms with Crippen LogP contribution in [0, 0.1) is 5.41 Å². The summed E-state index contributed by atoms with van der Waals surface area (Å²) in [5.74, 6) is 3.66. The van der Waals surface area contributed by atoms with Crippen LogP contribution in [0.3, 0.4) is 0 Å². The summed E-state index contributed by atoms with van der Waals surface area (Å²) in [4.78, 5) is 11.5. The van der Waals surface area contributed by atoms with E-state index in [0.717, 1.165) is 16.1 Å². The van der Waals surface area contributed by atoms with Crippen LogP contribution < -0.4 is 5.32 Å². The van der Waals surface area contributed by atoms with E-state index in [1.165, 1.54) is 0 Å². The lowest BCUT2D eigenvalue weighted by Gasteiger charge is -2.11. The van der Waals surface area contributed by atoms with Crippen molar-refractivity contribution in [2.24, 2.45) is 0 Å². The Bertz CT molecular complexity index is 794. The molecule has 2 rings (SSSR count). The second-order valence-electron chi connectivity index (χ2n) is 5.08. The van der Waals surface area contributed by atoms with Gasteiger partial charge in [-0.1, -0.05) is 30.3 Å². The molecule has 2 aromatic carbocycles. The lowest BCUT2D eigenvalue weighted by atomic mass is 10.1. The predicted octanol–water partition coefficient (Wildman–Crippen LogP) is 2.57. The number of carbonyl (C=O) groups is 1. The molecule has 0 amide bonds. The van der Waals surface area contributed by atoms with E-state index in [1.807, 2.05) is 36.4 Å². The van der Waals surface area contributed by atoms with Crippen molar-refractivity contribution < 1.29 is 9.00 Å². The number of hydrogen-bond donors (Lipinski definition) is 2. The van der Waals surface area contributed by atoms with E-state index in [9.17, 15) is 9.00 Å². The third kappa shape index (κ3) is 3.83. The number of nitrogens with one attached hydrogen (secondary N) is 2. The summed E-state index contributed by atoms with van der Waals surface area (Å²) in [5.41, 5.74) is 2.27. The van der Waals surface area contributed by atoms with Crippen molar-refractivity contribution in [3.05, 3.63) is 59.7 Å². The number of para-hydroxylation sites is 1. The molecule has 22 heavy (non-hydrogen) atoms. The minimum atomic E-state index is -2.20. The molecule has 4 nitrogen and oxygen atoms in total. The molecule has 0 heterocycles. The van der Waals surface area contributed by atoms with E-state index in [2.05, 4.69) is 11.2 Å². The number of benzene rings is 2. The Morgan fingerprint density at radius 3 is 2.45 bits per heavy atom. The molecule has 0 spiro atoms. The van der Waals surface area contributed by atoms with E-state index in [-0.39, 0.29) is 5.71 Å². The van der Waals surface area contributed by atoms with Crippen LogP contribution in [0.4, 0.5) is 5.69 Å². The first-order chi connectivity index (χ1) is 10.4. The predicted molar refractivity (Wildman–Crippen MR) is 92.6 cm³/mol. The first kappa shape index (κ1) is 16.0. The quantitative estimate of drug-likeness (QED) is 0.489. The van der Waals surface area contributed by atoms with Crippen molar-refractivity contribution in [1.82, 2.24) is 0 Å². The first-order valence-electron chi connectivity index (χ1n) is 6.70. The van der Waals surface area contributed by atoms with Gasteiger partial charge in [0, 0.05) is 28.9 Å². The molecular formula is C17H18N2O2S. The summed E-state index contributed by atoms with van der Waals surface area (Å²) in [6.45, 7) is 0.547. The Labute approximate surface area is 130 Å². The van der Waals surface area contributed by atoms with Crippen LogP contribution in [0.2, 0.25) is 0 Å². The summed E-state index contributed by atoms with van der Waals surface area (Å²) < 4.78 is 11.8. The Balaban J connectivity index is 2.14. The van der Waals surface area contributed by atoms with E-state index < -0.39 is 9.52 Å². The Kier molecular flexibility index (Phi) is 4.78. The van der Waals surface area contributed by atoms with Crippen LogP contribution in [0.1, 0.15) is 11.1 Å². The average molecular weight is 314 g/mol. The van der Waals surface area contributed by atoms with Gasteiger partial charge in [0.1, 0.15) is 5.71 Å². The number of carbonyl (C=O) groups excluding carboxylic acids is 1. The van der Waals surface area contributed by atoms with Gasteiger partial charge in [-0.05, 0) is 39.2 Å². The fourth-order valence-electron chi connectivity index (χ4n) is 2.03. The van der Waals surface area contributed by atoms with Crippen LogP contribution >= 0.6 is 0 Å². The van der Waals surface area contributed by atoms with Gasteiger partial charge in [-0.2, -0.15) is 0 Å². The molecule has 0 aliphatic carbocycles. The molecular weight excluding hydrogens is 296 g/mol. The van der Waals surface area contributed by atoms with Crippen molar-refractivity contribution in [1.29, 1.82) is 5.41 Å². The van der Waals surface area contributed by atoms with Gasteiger partial charge in [0.15, 0.2) is 6.29 Å². The van der Waals surface area contributed by atoms with Gasteiger partial charge in [0.25, 0.3) is 0 Å². The van der Waals surface area contributed by atoms with Gasteiger partial charge in [-0.3, -0.25) is 14.4 Å². The summed E-state index contributed by atoms with van der Waals surface area (Å²) in [6.07, 6.45) is 2.14. The molecule has 5 heteroatoms. The Morgan fingerprint density at radius 1 is 1.23 bits per heavy atom. The Morgan fingerprint density at radius 2 is 1.86 bits per heavy atom. The highest BCUT2D eigenvalue weighted by atomic mass is 32.2. The van der Waals surface area contributed by atoms with Crippen molar-refractivity contribution in [2.45, 2.75) is 11.4 Å². The standard InChI is InChI=1S/C17H18N2O2S/c1-22(2,21)14-9-7-13(8-10-14)11-19-17-6-4-3-5-15(17)16(18)12-20/h3-10,12,18-19H,1,11H2,2H3. The lowest BCUT2D eigenvalue weighted by Crippen LogP contribution is -2.07. The minimum absolute atomic E-state index is 0.0544. The lowest BCUT2D eigenvalue weighted by molar-refractivity contribution is -0.102. The minimum Gasteiger partial charge on any atom is -0.380 e. The first-order valence-corrected chi connectivity index (χ1v) is 8.83. The summed E-state index contributed by atoms with van der Waals surface area (Å²) >= 11 is 0. The molecule has 0 aliphatic heterocycles. The Hall–Kier alpha value is -2.40. The number of hydrogen-bond acceptors (Lipinski definition) is 4. The molecule has 2 aromatic rings. The van der Waals surface area contributed by atoms with Gasteiger partial charge >= 0.3 is 0 Å². The van der Waals surface area contributed by atoms with Crippen LogP contribution in [0.25, 0.3) is 0 Å². The van der Waals surface area contributed by atoms with Crippen molar-refractivity contribution in [3.63, 3.8) is 0 Å². The summed E-state index contributed by atoms with van der Waals surface area (Å²) in [7, 11) is -2.20. The molecule has 114 valence electrons. The van der Waals surface area contributed by atoms with E-state index in [1.54, 1.807) is 18.4 Å². The zero-order valence-electron chi connectivity index (χ0n) is 12.3. The molecule has 0 aliphatic rings. The van der Waals surface area contributed by atoms with E-state index in [4.69, 9.17) is 5.41 Å². The zero-order chi connectivity index (χ0) is 16.2. The molecule has 0 radical (unpaired) electrons. The molecule has 0 saturated heterocycles. The van der Waals surface area contributed by atoms with Gasteiger partial charge in [-0.15, -0.1) is 0 Å². The maximum Gasteiger partial charge on any atom is 0.168 e. The van der Waals surface area contributed by atoms with Gasteiger partial charge in [0.2, 0.25) is 0 Å². The zero-order valence-corrected chi connectivity index (χ0v) is 13.2. The van der Waals surface area contributed by atoms with E-state index >= 15 is 0 Å². The molecule has 0 bridgehead atoms. The van der Waals surface area contributed by atoms with Crippen LogP contribution in [-0.2, 0) is 20.9 Å². The summed E-state index contributed by atoms with van der Waals surface area (Å²) in [5, 5.41) is 10.9. The van der Waals surface area contributed by atoms with Gasteiger partial charge < -0.3 is 5.32 Å². The molecule has 0 aromatic heterocycles. The van der Waals surface area contributed by atoms with Crippen molar-refractivity contribution >= 4 is 33.1 Å². The molecule has 0 fully saturated rings. The molecule has 2 N–H and O–H groups in total. The maximum atomic E-state index is 11.8. The summed E-state index contributed by atoms with van der Waals surface area (Å²) in [6, 6.07) is 14.6. The third-order valence-electron chi connectivity index (χ3n) is 3.24. The highest BCUT2D eigenvalue weighted by Crippen LogP contribution is 2.17. The highest BCUT2D eigenvalue weighted by Gasteiger charge is 2.06. The second kappa shape index (κ2) is 6.58. The van der Waals surface area contributed by atoms with Crippen molar-refractivity contribution in [2.75, 3.05) is 11.6 Å². The second-order valence-corrected chi connectivity index (χ2v) is 7.56. The molecule has 1 atom stereocenters. The maximum absolute atomic E-state index is 11.8. The van der Waals surface area contributed by atoms with Gasteiger partial charge in [-0.25, -0.2) is 0 Å². The number of anilines is 1.